The fourth-order valence-corrected chi connectivity index (χ4v) is 6.26. The lowest BCUT2D eigenvalue weighted by molar-refractivity contribution is -0.384. The smallest absolute Gasteiger partial charge is 0.416 e. The second kappa shape index (κ2) is 17.5. The molecule has 0 radical (unpaired) electrons. The third kappa shape index (κ3) is 9.60. The Labute approximate surface area is 330 Å². The zero-order valence-electron chi connectivity index (χ0n) is 30.3. The molecule has 0 fully saturated rings. The van der Waals surface area contributed by atoms with E-state index in [1.165, 1.54) is 9.80 Å². The van der Waals surface area contributed by atoms with Gasteiger partial charge in [-0.15, -0.1) is 0 Å². The van der Waals surface area contributed by atoms with Crippen LogP contribution >= 0.6 is 23.2 Å². The molecule has 0 bridgehead atoms. The van der Waals surface area contributed by atoms with E-state index in [4.69, 9.17) is 27.9 Å². The van der Waals surface area contributed by atoms with Gasteiger partial charge in [-0.3, -0.25) is 20.2 Å². The van der Waals surface area contributed by atoms with Crippen LogP contribution in [0.2, 0.25) is 10.0 Å². The molecule has 0 saturated carbocycles. The van der Waals surface area contributed by atoms with Gasteiger partial charge in [-0.1, -0.05) is 35.3 Å². The van der Waals surface area contributed by atoms with Crippen LogP contribution in [0.1, 0.15) is 38.8 Å². The highest BCUT2D eigenvalue weighted by atomic mass is 35.5. The molecule has 4 rings (SSSR count). The summed E-state index contributed by atoms with van der Waals surface area (Å²) >= 11 is 12.8. The number of amides is 4. The lowest BCUT2D eigenvalue weighted by atomic mass is 9.98. The number of rotatable bonds is 12. The van der Waals surface area contributed by atoms with Crippen LogP contribution in [0.4, 0.5) is 58.7 Å². The summed E-state index contributed by atoms with van der Waals surface area (Å²) in [7, 11) is 0. The highest BCUT2D eigenvalue weighted by Crippen LogP contribution is 2.51. The minimum Gasteiger partial charge on any atom is -0.456 e. The lowest BCUT2D eigenvalue weighted by Crippen LogP contribution is -2.34. The standard InChI is InChI=1S/C36H32Cl2F6N6O7/c1-5-47(6-2)33(51)45-31-25(49(53)54)13-15-27(29(31)21-11-9-19(17-23(21)37)35(39,40)41)57-28-16-14-26(50(55)56)32(46-34(52)48(7-3)8-4)30(28)22-12-10-20(18-24(22)38)36(42,43)44/h9-18H,5-8H2,1-4H3,(H,45,51)(H,46,52). The molecule has 0 aliphatic carbocycles. The molecule has 13 nitrogen and oxygen atoms in total. The maximum atomic E-state index is 13.7. The zero-order valence-corrected chi connectivity index (χ0v) is 31.8. The summed E-state index contributed by atoms with van der Waals surface area (Å²) in [5, 5.41) is 28.4. The summed E-state index contributed by atoms with van der Waals surface area (Å²) in [6, 6.07) is 6.15. The Morgan fingerprint density at radius 3 is 1.23 bits per heavy atom. The van der Waals surface area contributed by atoms with Gasteiger partial charge in [0.05, 0.1) is 32.1 Å². The maximum absolute atomic E-state index is 13.7. The van der Waals surface area contributed by atoms with E-state index in [2.05, 4.69) is 10.6 Å². The Hall–Kier alpha value is -5.82. The molecule has 0 unspecified atom stereocenters. The van der Waals surface area contributed by atoms with Crippen LogP contribution in [0.5, 0.6) is 11.5 Å². The van der Waals surface area contributed by atoms with Crippen LogP contribution in [-0.2, 0) is 12.4 Å². The Morgan fingerprint density at radius 2 is 0.965 bits per heavy atom. The third-order valence-corrected chi connectivity index (χ3v) is 9.23. The van der Waals surface area contributed by atoms with Crippen molar-refractivity contribution in [1.82, 2.24) is 9.80 Å². The Morgan fingerprint density at radius 1 is 0.632 bits per heavy atom. The monoisotopic (exact) mass is 844 g/mol. The molecule has 4 aromatic rings. The van der Waals surface area contributed by atoms with Crippen LogP contribution in [-0.4, -0.2) is 57.9 Å². The fourth-order valence-electron chi connectivity index (χ4n) is 5.71. The number of alkyl halides is 6. The van der Waals surface area contributed by atoms with Gasteiger partial charge in [0, 0.05) is 59.5 Å². The molecule has 304 valence electrons. The van der Waals surface area contributed by atoms with Gasteiger partial charge in [-0.2, -0.15) is 26.3 Å². The second-order valence-corrected chi connectivity index (χ2v) is 12.7. The van der Waals surface area contributed by atoms with Gasteiger partial charge in [0.1, 0.15) is 22.9 Å². The van der Waals surface area contributed by atoms with Gasteiger partial charge in [-0.05, 0) is 64.1 Å². The van der Waals surface area contributed by atoms with Gasteiger partial charge in [0.2, 0.25) is 0 Å². The molecular weight excluding hydrogens is 813 g/mol. The molecule has 21 heteroatoms. The van der Waals surface area contributed by atoms with Crippen molar-refractivity contribution in [2.24, 2.45) is 0 Å². The van der Waals surface area contributed by atoms with Crippen molar-refractivity contribution >= 4 is 58.0 Å². The molecule has 0 heterocycles. The van der Waals surface area contributed by atoms with Gasteiger partial charge in [0.25, 0.3) is 11.4 Å². The van der Waals surface area contributed by atoms with Gasteiger partial charge >= 0.3 is 24.4 Å². The lowest BCUT2D eigenvalue weighted by Gasteiger charge is -2.24. The quantitative estimate of drug-likeness (QED) is 0.0815. The second-order valence-electron chi connectivity index (χ2n) is 11.9. The summed E-state index contributed by atoms with van der Waals surface area (Å²) in [5.41, 5.74) is -6.55. The molecule has 4 aromatic carbocycles. The van der Waals surface area contributed by atoms with Crippen molar-refractivity contribution in [1.29, 1.82) is 0 Å². The first-order chi connectivity index (χ1) is 26.7. The summed E-state index contributed by atoms with van der Waals surface area (Å²) in [4.78, 5) is 52.2. The number of urea groups is 2. The number of nitro groups is 2. The minimum atomic E-state index is -4.87. The van der Waals surface area contributed by atoms with Crippen molar-refractivity contribution in [3.8, 4) is 33.8 Å². The van der Waals surface area contributed by atoms with Crippen molar-refractivity contribution in [3.05, 3.63) is 102 Å². The Bertz CT molecular complexity index is 2060. The first-order valence-corrected chi connectivity index (χ1v) is 17.6. The van der Waals surface area contributed by atoms with E-state index in [1.54, 1.807) is 27.7 Å². The van der Waals surface area contributed by atoms with Crippen LogP contribution in [0.3, 0.4) is 0 Å². The number of benzene rings is 4. The van der Waals surface area contributed by atoms with Crippen molar-refractivity contribution in [3.63, 3.8) is 0 Å². The number of ether oxygens (including phenoxy) is 1. The predicted molar refractivity (Wildman–Crippen MR) is 201 cm³/mol. The Kier molecular flexibility index (Phi) is 13.5. The number of nitro benzene ring substituents is 2. The number of carbonyl (C=O) groups excluding carboxylic acids is 2. The minimum absolute atomic E-state index is 0.130. The van der Waals surface area contributed by atoms with E-state index < -0.39 is 101 Å². The summed E-state index contributed by atoms with van der Waals surface area (Å²) in [6.07, 6.45) is -9.74. The molecule has 0 spiro atoms. The van der Waals surface area contributed by atoms with Crippen LogP contribution in [0.25, 0.3) is 22.3 Å². The molecule has 0 saturated heterocycles. The molecule has 4 amide bonds. The molecule has 2 N–H and O–H groups in total. The number of nitrogens with one attached hydrogen (secondary N) is 2. The molecule has 0 aliphatic heterocycles. The van der Waals surface area contributed by atoms with E-state index in [1.807, 2.05) is 0 Å². The average Bonchev–Trinajstić information content (AvgIpc) is 3.12. The molecule has 0 aromatic heterocycles. The number of halogens is 8. The highest BCUT2D eigenvalue weighted by Gasteiger charge is 2.35. The first-order valence-electron chi connectivity index (χ1n) is 16.8. The molecular formula is C36H32Cl2F6N6O7. The van der Waals surface area contributed by atoms with E-state index in [-0.39, 0.29) is 37.3 Å². The maximum Gasteiger partial charge on any atom is 0.416 e. The van der Waals surface area contributed by atoms with E-state index in [0.717, 1.165) is 36.4 Å². The van der Waals surface area contributed by atoms with E-state index in [9.17, 15) is 56.2 Å². The summed E-state index contributed by atoms with van der Waals surface area (Å²) < 4.78 is 88.5. The fraction of sp³-hybridized carbons (Fsp3) is 0.278. The van der Waals surface area contributed by atoms with E-state index >= 15 is 0 Å². The summed E-state index contributed by atoms with van der Waals surface area (Å²) in [5.74, 6) is -0.896. The van der Waals surface area contributed by atoms with E-state index in [0.29, 0.717) is 24.3 Å². The zero-order chi connectivity index (χ0) is 42.6. The molecule has 0 aliphatic rings. The molecule has 0 atom stereocenters. The normalized spacial score (nSPS) is 11.5. The number of nitrogens with zero attached hydrogens (tertiary/aromatic N) is 4. The highest BCUT2D eigenvalue weighted by molar-refractivity contribution is 6.34. The SMILES string of the molecule is CCN(CC)C(=O)Nc1c([N+](=O)[O-])ccc(Oc2ccc([N+](=O)[O-])c(NC(=O)N(CC)CC)c2-c2ccc(C(F)(F)F)cc2Cl)c1-c1ccc(C(F)(F)F)cc1Cl. The predicted octanol–water partition coefficient (Wildman–Crippen LogP) is 11.7. The first kappa shape index (κ1) is 43.9. The molecule has 57 heavy (non-hydrogen) atoms. The number of hydrogen-bond acceptors (Lipinski definition) is 7. The largest absolute Gasteiger partial charge is 0.456 e. The third-order valence-electron chi connectivity index (χ3n) is 8.60. The van der Waals surface area contributed by atoms with Gasteiger partial charge < -0.3 is 25.2 Å². The Balaban J connectivity index is 2.15. The topological polar surface area (TPSA) is 160 Å². The number of carbonyl (C=O) groups is 2. The van der Waals surface area contributed by atoms with Crippen LogP contribution in [0.15, 0.2) is 60.7 Å². The van der Waals surface area contributed by atoms with Gasteiger partial charge in [-0.25, -0.2) is 9.59 Å². The van der Waals surface area contributed by atoms with Crippen LogP contribution < -0.4 is 15.4 Å². The van der Waals surface area contributed by atoms with Crippen molar-refractivity contribution in [2.75, 3.05) is 36.8 Å². The average molecular weight is 846 g/mol. The number of anilines is 2. The van der Waals surface area contributed by atoms with Crippen LogP contribution in [0, 0.1) is 20.2 Å². The number of hydrogen-bond donors (Lipinski definition) is 2. The summed E-state index contributed by atoms with van der Waals surface area (Å²) in [6.45, 7) is 6.98. The van der Waals surface area contributed by atoms with Gasteiger partial charge in [0.15, 0.2) is 0 Å². The van der Waals surface area contributed by atoms with Crippen molar-refractivity contribution < 1.29 is 50.5 Å². The van der Waals surface area contributed by atoms with Crippen molar-refractivity contribution in [2.45, 2.75) is 40.0 Å².